The molecule has 0 aliphatic heterocycles. The molecule has 1 atom stereocenters. The van der Waals surface area contributed by atoms with Crippen LogP contribution in [0.5, 0.6) is 17.2 Å². The zero-order valence-electron chi connectivity index (χ0n) is 12.9. The first-order chi connectivity index (χ1) is 10.8. The van der Waals surface area contributed by atoms with Crippen molar-refractivity contribution in [3.63, 3.8) is 0 Å². The van der Waals surface area contributed by atoms with Gasteiger partial charge in [-0.3, -0.25) is 9.59 Å². The van der Waals surface area contributed by atoms with Crippen molar-refractivity contribution in [2.45, 2.75) is 12.5 Å². The summed E-state index contributed by atoms with van der Waals surface area (Å²) in [6, 6.07) is 1.29. The van der Waals surface area contributed by atoms with E-state index in [1.54, 1.807) is 0 Å². The van der Waals surface area contributed by atoms with E-state index in [0.29, 0.717) is 5.75 Å². The second-order valence-electron chi connectivity index (χ2n) is 4.45. The van der Waals surface area contributed by atoms with Crippen LogP contribution >= 0.6 is 0 Å². The summed E-state index contributed by atoms with van der Waals surface area (Å²) in [5, 5.41) is 11.2. The van der Waals surface area contributed by atoms with E-state index in [2.05, 4.69) is 5.32 Å². The van der Waals surface area contributed by atoms with Gasteiger partial charge in [-0.1, -0.05) is 0 Å². The Balaban J connectivity index is 3.12. The molecule has 2 amide bonds. The Bertz CT molecular complexity index is 590. The third kappa shape index (κ3) is 4.50. The minimum Gasteiger partial charge on any atom is -0.493 e. The topological polar surface area (TPSA) is 137 Å². The molecule has 1 aromatic rings. The normalized spacial score (nSPS) is 11.3. The molecule has 23 heavy (non-hydrogen) atoms. The number of nitrogens with two attached hydrogens (primary N) is 1. The second kappa shape index (κ2) is 7.87. The average molecular weight is 326 g/mol. The van der Waals surface area contributed by atoms with E-state index in [9.17, 15) is 14.4 Å². The van der Waals surface area contributed by atoms with Crippen LogP contribution in [0, 0.1) is 0 Å². The molecule has 4 N–H and O–H groups in total. The van der Waals surface area contributed by atoms with E-state index in [1.807, 2.05) is 0 Å². The number of benzene rings is 1. The lowest BCUT2D eigenvalue weighted by Gasteiger charge is -2.16. The van der Waals surface area contributed by atoms with Gasteiger partial charge in [0.2, 0.25) is 11.7 Å². The number of ether oxygens (including phenoxy) is 3. The predicted octanol–water partition coefficient (Wildman–Crippen LogP) is -0.229. The Morgan fingerprint density at radius 3 is 2.00 bits per heavy atom. The maximum Gasteiger partial charge on any atom is 0.326 e. The van der Waals surface area contributed by atoms with Crippen molar-refractivity contribution < 1.29 is 33.7 Å². The van der Waals surface area contributed by atoms with Gasteiger partial charge in [-0.2, -0.15) is 0 Å². The Labute approximate surface area is 132 Å². The average Bonchev–Trinajstić information content (AvgIpc) is 2.51. The molecule has 0 saturated heterocycles. The van der Waals surface area contributed by atoms with E-state index in [1.165, 1.54) is 33.5 Å². The molecule has 126 valence electrons. The number of aliphatic carboxylic acids is 1. The largest absolute Gasteiger partial charge is 0.493 e. The van der Waals surface area contributed by atoms with Crippen LogP contribution in [-0.4, -0.2) is 50.3 Å². The van der Waals surface area contributed by atoms with Gasteiger partial charge in [0.25, 0.3) is 5.91 Å². The number of primary amides is 1. The molecule has 0 bridgehead atoms. The lowest BCUT2D eigenvalue weighted by Crippen LogP contribution is -2.43. The Kier molecular flexibility index (Phi) is 6.19. The summed E-state index contributed by atoms with van der Waals surface area (Å²) < 4.78 is 15.4. The highest BCUT2D eigenvalue weighted by Gasteiger charge is 2.24. The molecule has 0 aromatic heterocycles. The van der Waals surface area contributed by atoms with Crippen molar-refractivity contribution in [1.82, 2.24) is 5.32 Å². The molecular formula is C14H18N2O7. The van der Waals surface area contributed by atoms with Crippen LogP contribution in [0.15, 0.2) is 12.1 Å². The van der Waals surface area contributed by atoms with Crippen LogP contribution in [0.4, 0.5) is 0 Å². The molecule has 9 heteroatoms. The summed E-state index contributed by atoms with van der Waals surface area (Å²) >= 11 is 0. The van der Waals surface area contributed by atoms with Gasteiger partial charge in [-0.05, 0) is 12.1 Å². The molecule has 1 rings (SSSR count). The van der Waals surface area contributed by atoms with Gasteiger partial charge in [0.15, 0.2) is 11.5 Å². The van der Waals surface area contributed by atoms with Crippen LogP contribution in [0.2, 0.25) is 0 Å². The number of methoxy groups -OCH3 is 3. The molecular weight excluding hydrogens is 308 g/mol. The van der Waals surface area contributed by atoms with Gasteiger partial charge in [-0.25, -0.2) is 4.79 Å². The second-order valence-corrected chi connectivity index (χ2v) is 4.45. The lowest BCUT2D eigenvalue weighted by molar-refractivity contribution is -0.140. The maximum atomic E-state index is 12.2. The van der Waals surface area contributed by atoms with Crippen LogP contribution in [-0.2, 0) is 9.59 Å². The van der Waals surface area contributed by atoms with Gasteiger partial charge in [0.1, 0.15) is 6.04 Å². The van der Waals surface area contributed by atoms with Crippen LogP contribution < -0.4 is 25.3 Å². The fraction of sp³-hybridized carbons (Fsp3) is 0.357. The monoisotopic (exact) mass is 326 g/mol. The van der Waals surface area contributed by atoms with Gasteiger partial charge >= 0.3 is 5.97 Å². The van der Waals surface area contributed by atoms with Crippen LogP contribution in [0.3, 0.4) is 0 Å². The molecule has 1 aromatic carbocycles. The summed E-state index contributed by atoms with van der Waals surface area (Å²) in [4.78, 5) is 34.1. The molecule has 0 unspecified atom stereocenters. The highest BCUT2D eigenvalue weighted by atomic mass is 16.5. The summed E-state index contributed by atoms with van der Waals surface area (Å²) in [5.74, 6) is -2.18. The molecule has 0 spiro atoms. The third-order valence-electron chi connectivity index (χ3n) is 2.94. The molecule has 0 radical (unpaired) electrons. The van der Waals surface area contributed by atoms with Crippen molar-refractivity contribution in [3.05, 3.63) is 17.7 Å². The molecule has 0 saturated carbocycles. The minimum absolute atomic E-state index is 0.0789. The number of nitrogens with one attached hydrogen (secondary N) is 1. The molecule has 0 heterocycles. The summed E-state index contributed by atoms with van der Waals surface area (Å²) in [6.07, 6.45) is -0.522. The number of hydrogen-bond acceptors (Lipinski definition) is 6. The fourth-order valence-corrected chi connectivity index (χ4v) is 1.86. The number of carboxylic acids is 1. The maximum absolute atomic E-state index is 12.2. The summed E-state index contributed by atoms with van der Waals surface area (Å²) in [5.41, 5.74) is 5.04. The molecule has 0 aliphatic rings. The zero-order chi connectivity index (χ0) is 17.6. The van der Waals surface area contributed by atoms with E-state index in [4.69, 9.17) is 25.1 Å². The first-order valence-corrected chi connectivity index (χ1v) is 6.46. The van der Waals surface area contributed by atoms with Gasteiger partial charge < -0.3 is 30.4 Å². The number of carboxylic acid groups (broad SMARTS) is 1. The van der Waals surface area contributed by atoms with Gasteiger partial charge in [-0.15, -0.1) is 0 Å². The van der Waals surface area contributed by atoms with Crippen molar-refractivity contribution in [1.29, 1.82) is 0 Å². The Morgan fingerprint density at radius 1 is 1.13 bits per heavy atom. The Morgan fingerprint density at radius 2 is 1.65 bits per heavy atom. The SMILES string of the molecule is COc1cc(C(=O)N[C@@H](CC(N)=O)C(=O)O)cc(OC)c1OC. The molecule has 0 aliphatic carbocycles. The fourth-order valence-electron chi connectivity index (χ4n) is 1.86. The number of amides is 2. The number of hydrogen-bond donors (Lipinski definition) is 3. The first-order valence-electron chi connectivity index (χ1n) is 6.46. The first kappa shape index (κ1) is 18.1. The summed E-state index contributed by atoms with van der Waals surface area (Å²) in [6.45, 7) is 0. The van der Waals surface area contributed by atoms with E-state index < -0.39 is 30.2 Å². The highest BCUT2D eigenvalue weighted by molar-refractivity contribution is 5.98. The smallest absolute Gasteiger partial charge is 0.326 e. The summed E-state index contributed by atoms with van der Waals surface area (Å²) in [7, 11) is 4.17. The predicted molar refractivity (Wildman–Crippen MR) is 78.8 cm³/mol. The number of rotatable bonds is 8. The molecule has 9 nitrogen and oxygen atoms in total. The molecule has 0 fully saturated rings. The van der Waals surface area contributed by atoms with E-state index in [-0.39, 0.29) is 17.1 Å². The van der Waals surface area contributed by atoms with Crippen LogP contribution in [0.1, 0.15) is 16.8 Å². The zero-order valence-corrected chi connectivity index (χ0v) is 12.9. The standard InChI is InChI=1S/C14H18N2O7/c1-21-9-4-7(5-10(22-2)12(9)23-3)13(18)16-8(14(19)20)6-11(15)17/h4-5,8H,6H2,1-3H3,(H2,15,17)(H,16,18)(H,19,20)/t8-/m0/s1. The van der Waals surface area contributed by atoms with Gasteiger partial charge in [0.05, 0.1) is 27.8 Å². The number of carbonyl (C=O) groups is 3. The third-order valence-corrected chi connectivity index (χ3v) is 2.94. The Hall–Kier alpha value is -2.97. The van der Waals surface area contributed by atoms with Crippen molar-refractivity contribution in [2.75, 3.05) is 21.3 Å². The van der Waals surface area contributed by atoms with E-state index in [0.717, 1.165) is 0 Å². The van der Waals surface area contributed by atoms with Crippen molar-refractivity contribution >= 4 is 17.8 Å². The number of carbonyl (C=O) groups excluding carboxylic acids is 2. The van der Waals surface area contributed by atoms with E-state index >= 15 is 0 Å². The highest BCUT2D eigenvalue weighted by Crippen LogP contribution is 2.38. The lowest BCUT2D eigenvalue weighted by atomic mass is 10.1. The van der Waals surface area contributed by atoms with Crippen LogP contribution in [0.25, 0.3) is 0 Å². The van der Waals surface area contributed by atoms with Gasteiger partial charge in [0, 0.05) is 5.56 Å². The van der Waals surface area contributed by atoms with Crippen molar-refractivity contribution in [2.24, 2.45) is 5.73 Å². The quantitative estimate of drug-likeness (QED) is 0.600. The van der Waals surface area contributed by atoms with Crippen molar-refractivity contribution in [3.8, 4) is 17.2 Å². The minimum atomic E-state index is -1.43.